The number of allylic oxidation sites excluding steroid dienone is 1. The predicted molar refractivity (Wildman–Crippen MR) is 69.0 cm³/mol. The van der Waals surface area contributed by atoms with Gasteiger partial charge in [0.05, 0.1) is 12.7 Å². The van der Waals surface area contributed by atoms with E-state index in [4.69, 9.17) is 0 Å². The fourth-order valence-electron chi connectivity index (χ4n) is 1.59. The van der Waals surface area contributed by atoms with Gasteiger partial charge in [-0.1, -0.05) is 5.21 Å². The average molecular weight is 302 g/mol. The highest BCUT2D eigenvalue weighted by Crippen LogP contribution is 2.21. The van der Waals surface area contributed by atoms with Gasteiger partial charge in [-0.15, -0.1) is 5.10 Å². The summed E-state index contributed by atoms with van der Waals surface area (Å²) in [6.07, 6.45) is 5.43. The maximum Gasteiger partial charge on any atom is 0.327 e. The first-order chi connectivity index (χ1) is 9.41. The molecule has 1 heterocycles. The van der Waals surface area contributed by atoms with Crippen LogP contribution in [0.15, 0.2) is 24.7 Å². The minimum Gasteiger partial charge on any atom is -0.480 e. The van der Waals surface area contributed by atoms with Crippen LogP contribution in [0.25, 0.3) is 0 Å². The van der Waals surface area contributed by atoms with Crippen molar-refractivity contribution in [3.05, 3.63) is 24.7 Å². The lowest BCUT2D eigenvalue weighted by atomic mass is 10.0. The summed E-state index contributed by atoms with van der Waals surface area (Å²) in [6, 6.07) is -1.39. The number of aromatic nitrogens is 3. The minimum absolute atomic E-state index is 0.144. The van der Waals surface area contributed by atoms with Crippen LogP contribution in [0.2, 0.25) is 0 Å². The summed E-state index contributed by atoms with van der Waals surface area (Å²) < 4.78 is 20.7. The zero-order valence-electron chi connectivity index (χ0n) is 10.5. The van der Waals surface area contributed by atoms with Crippen molar-refractivity contribution in [2.75, 3.05) is 0 Å². The van der Waals surface area contributed by atoms with Crippen LogP contribution in [-0.2, 0) is 27.2 Å². The molecule has 0 aromatic carbocycles. The molecule has 9 nitrogen and oxygen atoms in total. The maximum absolute atomic E-state index is 11.6. The smallest absolute Gasteiger partial charge is 0.327 e. The molecule has 0 aliphatic heterocycles. The lowest BCUT2D eigenvalue weighted by molar-refractivity contribution is -0.140. The van der Waals surface area contributed by atoms with E-state index in [9.17, 15) is 23.5 Å². The Balaban J connectivity index is 3.05. The van der Waals surface area contributed by atoms with Crippen LogP contribution in [-0.4, -0.2) is 51.9 Å². The van der Waals surface area contributed by atoms with Gasteiger partial charge in [0.15, 0.2) is 11.1 Å². The van der Waals surface area contributed by atoms with E-state index >= 15 is 0 Å². The Morgan fingerprint density at radius 2 is 2.35 bits per heavy atom. The Morgan fingerprint density at radius 1 is 1.65 bits per heavy atom. The molecule has 1 aromatic rings. The molecular weight excluding hydrogens is 288 g/mol. The fraction of sp³-hybridized carbons (Fsp3) is 0.400. The van der Waals surface area contributed by atoms with Gasteiger partial charge >= 0.3 is 5.97 Å². The lowest BCUT2D eigenvalue weighted by Crippen LogP contribution is -2.56. The van der Waals surface area contributed by atoms with Crippen molar-refractivity contribution in [1.29, 1.82) is 0 Å². The van der Waals surface area contributed by atoms with Crippen molar-refractivity contribution in [2.24, 2.45) is 0 Å². The second-order valence-electron chi connectivity index (χ2n) is 4.10. The third kappa shape index (κ3) is 3.71. The van der Waals surface area contributed by atoms with E-state index in [1.54, 1.807) is 0 Å². The molecular formula is C10H14N4O5S. The van der Waals surface area contributed by atoms with Crippen LogP contribution >= 0.6 is 0 Å². The molecule has 1 unspecified atom stereocenters. The van der Waals surface area contributed by atoms with Crippen LogP contribution in [0, 0.1) is 0 Å². The largest absolute Gasteiger partial charge is 0.480 e. The summed E-state index contributed by atoms with van der Waals surface area (Å²) in [6.45, 7) is 1.18. The molecule has 0 saturated carbocycles. The van der Waals surface area contributed by atoms with Crippen molar-refractivity contribution in [3.63, 3.8) is 0 Å². The summed E-state index contributed by atoms with van der Waals surface area (Å²) in [7, 11) is 0. The number of rotatable bonds is 8. The molecule has 1 aromatic heterocycles. The predicted octanol–water partition coefficient (Wildman–Crippen LogP) is -0.986. The highest BCUT2D eigenvalue weighted by Gasteiger charge is 2.45. The van der Waals surface area contributed by atoms with Gasteiger partial charge < -0.3 is 15.0 Å². The molecule has 110 valence electrons. The van der Waals surface area contributed by atoms with Crippen LogP contribution < -0.4 is 5.32 Å². The van der Waals surface area contributed by atoms with Crippen molar-refractivity contribution in [2.45, 2.75) is 24.3 Å². The number of carboxylic acid groups (broad SMARTS) is 1. The molecule has 0 fully saturated rings. The Bertz CT molecular complexity index is 518. The number of hydrogen-bond donors (Lipinski definition) is 3. The number of nitrogens with one attached hydrogen (secondary N) is 1. The van der Waals surface area contributed by atoms with Crippen molar-refractivity contribution in [1.82, 2.24) is 20.3 Å². The molecule has 0 amide bonds. The third-order valence-electron chi connectivity index (χ3n) is 2.64. The van der Waals surface area contributed by atoms with Crippen molar-refractivity contribution in [3.8, 4) is 0 Å². The number of aldehydes is 1. The van der Waals surface area contributed by atoms with Gasteiger partial charge in [0.2, 0.25) is 0 Å². The molecule has 10 heteroatoms. The number of aliphatic carboxylic acids is 1. The molecule has 0 radical (unpaired) electrons. The Labute approximate surface area is 117 Å². The van der Waals surface area contributed by atoms with E-state index in [-0.39, 0.29) is 6.54 Å². The minimum atomic E-state index is -2.46. The summed E-state index contributed by atoms with van der Waals surface area (Å²) in [5, 5.41) is 18.8. The SMILES string of the molecule is C[C@](Cn1ccnn1)([C@@H](N/C=C\C=O)C(=O)O)S(=O)O. The maximum atomic E-state index is 11.6. The van der Waals surface area contributed by atoms with E-state index in [0.29, 0.717) is 6.29 Å². The molecule has 0 bridgehead atoms. The highest BCUT2D eigenvalue weighted by molar-refractivity contribution is 7.80. The van der Waals surface area contributed by atoms with Gasteiger partial charge in [0.1, 0.15) is 17.1 Å². The fourth-order valence-corrected chi connectivity index (χ4v) is 2.20. The van der Waals surface area contributed by atoms with E-state index in [1.807, 2.05) is 0 Å². The van der Waals surface area contributed by atoms with Crippen molar-refractivity contribution >= 4 is 23.3 Å². The second kappa shape index (κ2) is 6.91. The Kier molecular flexibility index (Phi) is 5.53. The van der Waals surface area contributed by atoms with Gasteiger partial charge in [-0.25, -0.2) is 9.00 Å². The summed E-state index contributed by atoms with van der Waals surface area (Å²) >= 11 is -2.46. The van der Waals surface area contributed by atoms with Gasteiger partial charge in [0, 0.05) is 12.4 Å². The third-order valence-corrected chi connectivity index (χ3v) is 3.80. The van der Waals surface area contributed by atoms with E-state index in [0.717, 1.165) is 12.3 Å². The molecule has 3 N–H and O–H groups in total. The van der Waals surface area contributed by atoms with E-state index in [1.165, 1.54) is 24.0 Å². The first kappa shape index (κ1) is 16.0. The zero-order valence-corrected chi connectivity index (χ0v) is 11.4. The molecule has 3 atom stereocenters. The van der Waals surface area contributed by atoms with Crippen LogP contribution in [0.4, 0.5) is 0 Å². The quantitative estimate of drug-likeness (QED) is 0.317. The van der Waals surface area contributed by atoms with Gasteiger partial charge in [-0.3, -0.25) is 9.48 Å². The van der Waals surface area contributed by atoms with Gasteiger partial charge in [-0.2, -0.15) is 0 Å². The zero-order chi connectivity index (χ0) is 15.2. The Morgan fingerprint density at radius 3 is 2.80 bits per heavy atom. The molecule has 20 heavy (non-hydrogen) atoms. The lowest BCUT2D eigenvalue weighted by Gasteiger charge is -2.31. The second-order valence-corrected chi connectivity index (χ2v) is 5.53. The first-order valence-corrected chi connectivity index (χ1v) is 6.56. The number of nitrogens with zero attached hydrogens (tertiary/aromatic N) is 3. The summed E-state index contributed by atoms with van der Waals surface area (Å²) in [5.41, 5.74) is 0. The molecule has 0 saturated heterocycles. The van der Waals surface area contributed by atoms with Crippen LogP contribution in [0.1, 0.15) is 6.92 Å². The average Bonchev–Trinajstić information content (AvgIpc) is 2.86. The molecule has 0 spiro atoms. The highest BCUT2D eigenvalue weighted by atomic mass is 32.2. The van der Waals surface area contributed by atoms with E-state index < -0.39 is 27.8 Å². The molecule has 0 aliphatic carbocycles. The number of carbonyl (C=O) groups is 2. The van der Waals surface area contributed by atoms with E-state index in [2.05, 4.69) is 15.6 Å². The van der Waals surface area contributed by atoms with Crippen LogP contribution in [0.5, 0.6) is 0 Å². The number of hydrogen-bond acceptors (Lipinski definition) is 6. The monoisotopic (exact) mass is 302 g/mol. The first-order valence-electron chi connectivity index (χ1n) is 5.46. The topological polar surface area (TPSA) is 134 Å². The van der Waals surface area contributed by atoms with Gasteiger partial charge in [0.25, 0.3) is 0 Å². The van der Waals surface area contributed by atoms with Crippen molar-refractivity contribution < 1.29 is 23.5 Å². The normalized spacial score (nSPS) is 17.3. The molecule has 0 aliphatic rings. The summed E-state index contributed by atoms with van der Waals surface area (Å²) in [4.78, 5) is 21.5. The number of carbonyl (C=O) groups excluding carboxylic acids is 1. The number of carboxylic acids is 1. The molecule has 1 rings (SSSR count). The standard InChI is InChI=1S/C10H14N4O5S/c1-10(20(18)19,7-14-5-4-12-13-14)8(9(16)17)11-3-2-6-15/h2-6,8,11H,7H2,1H3,(H,16,17)(H,18,19)/b3-2-/t8-,10-/m0/s1. The van der Waals surface area contributed by atoms with Gasteiger partial charge in [-0.05, 0) is 13.0 Å². The Hall–Kier alpha value is -2.07. The summed E-state index contributed by atoms with van der Waals surface area (Å²) in [5.74, 6) is -1.33. The van der Waals surface area contributed by atoms with Crippen LogP contribution in [0.3, 0.4) is 0 Å².